The summed E-state index contributed by atoms with van der Waals surface area (Å²) in [6, 6.07) is 0. The number of carbonyl (C=O) groups is 1. The van der Waals surface area contributed by atoms with Crippen LogP contribution in [0.15, 0.2) is 53.2 Å². The molecule has 0 aliphatic carbocycles. The lowest BCUT2D eigenvalue weighted by Crippen LogP contribution is -2.33. The number of ether oxygens (including phenoxy) is 1. The van der Waals surface area contributed by atoms with Gasteiger partial charge in [-0.3, -0.25) is 23.7 Å². The van der Waals surface area contributed by atoms with Gasteiger partial charge in [0.15, 0.2) is 11.5 Å². The lowest BCUT2D eigenvalue weighted by Gasteiger charge is -2.18. The Morgan fingerprint density at radius 3 is 2.87 bits per heavy atom. The van der Waals surface area contributed by atoms with E-state index in [4.69, 9.17) is 9.26 Å². The third kappa shape index (κ3) is 7.83. The Morgan fingerprint density at radius 1 is 1.24 bits per heavy atom. The van der Waals surface area contributed by atoms with E-state index in [0.717, 1.165) is 52.8 Å². The molecule has 1 fully saturated rings. The first-order valence-electron chi connectivity index (χ1n) is 14.7. The zero-order chi connectivity index (χ0) is 32.7. The molecule has 4 unspecified atom stereocenters. The van der Waals surface area contributed by atoms with E-state index < -0.39 is 49.9 Å². The average molecular weight is 659 g/mol. The third-order valence-corrected chi connectivity index (χ3v) is 8.54. The molecule has 18 nitrogen and oxygen atoms in total. The van der Waals surface area contributed by atoms with Crippen molar-refractivity contribution >= 4 is 36.7 Å². The summed E-state index contributed by atoms with van der Waals surface area (Å²) in [7, 11) is -4.26. The van der Waals surface area contributed by atoms with Gasteiger partial charge in [-0.2, -0.15) is 0 Å². The van der Waals surface area contributed by atoms with E-state index in [0.29, 0.717) is 17.9 Å². The Bertz CT molecular complexity index is 1840. The summed E-state index contributed by atoms with van der Waals surface area (Å²) in [5, 5.41) is 16.3. The van der Waals surface area contributed by atoms with Crippen molar-refractivity contribution in [3.05, 3.63) is 70.1 Å². The number of aliphatic hydroxyl groups excluding tert-OH is 1. The summed E-state index contributed by atoms with van der Waals surface area (Å²) >= 11 is 0. The van der Waals surface area contributed by atoms with Crippen LogP contribution in [-0.4, -0.2) is 86.2 Å². The molecule has 4 atom stereocenters. The summed E-state index contributed by atoms with van der Waals surface area (Å²) < 4.78 is 27.1. The van der Waals surface area contributed by atoms with E-state index >= 15 is 0 Å². The van der Waals surface area contributed by atoms with Gasteiger partial charge < -0.3 is 29.9 Å². The van der Waals surface area contributed by atoms with Gasteiger partial charge in [0.2, 0.25) is 5.91 Å². The molecular formula is C27H35N10O8P. The second kappa shape index (κ2) is 14.7. The summed E-state index contributed by atoms with van der Waals surface area (Å²) in [6.45, 7) is 3.09. The van der Waals surface area contributed by atoms with Crippen molar-refractivity contribution in [2.75, 3.05) is 25.0 Å². The molecular weight excluding hydrogens is 623 g/mol. The van der Waals surface area contributed by atoms with Gasteiger partial charge in [-0.1, -0.05) is 19.8 Å². The summed E-state index contributed by atoms with van der Waals surface area (Å²) in [5.74, 6) is 0.0671. The van der Waals surface area contributed by atoms with E-state index in [1.807, 2.05) is 4.57 Å². The van der Waals surface area contributed by atoms with Gasteiger partial charge in [0.25, 0.3) is 5.56 Å². The highest BCUT2D eigenvalue weighted by Crippen LogP contribution is 2.44. The molecule has 5 N–H and O–H groups in total. The van der Waals surface area contributed by atoms with E-state index in [2.05, 4.69) is 42.5 Å². The van der Waals surface area contributed by atoms with Crippen molar-refractivity contribution in [2.45, 2.75) is 57.6 Å². The molecule has 1 amide bonds. The lowest BCUT2D eigenvalue weighted by atomic mass is 10.2. The molecule has 46 heavy (non-hydrogen) atoms. The number of unbranched alkanes of at least 4 members (excludes halogenated alkanes) is 2. The van der Waals surface area contributed by atoms with Crippen molar-refractivity contribution in [1.82, 2.24) is 43.7 Å². The summed E-state index contributed by atoms with van der Waals surface area (Å²) in [4.78, 5) is 66.4. The van der Waals surface area contributed by atoms with E-state index in [9.17, 15) is 28.9 Å². The lowest BCUT2D eigenvalue weighted by molar-refractivity contribution is -0.116. The monoisotopic (exact) mass is 658 g/mol. The van der Waals surface area contributed by atoms with Crippen LogP contribution in [0.25, 0.3) is 17.2 Å². The van der Waals surface area contributed by atoms with Crippen LogP contribution in [0.1, 0.15) is 44.4 Å². The predicted molar refractivity (Wildman–Crippen MR) is 165 cm³/mol. The standard InChI is InChI=1S/C27H35N10O8P/c1-2-3-4-10-35-17-33-23-24(31-15-32-25(23)35)30-8-7-29-21(39)6-5-18-13-37(27(41)34-26(18)40)22-12-19(38)20(45-22)14-44-46(42,43)36-11-9-28-16-36/h5-6,9,11,13,15-17,19-20,22,38H,2-4,7-8,10,12,14H2,1H3,(H,29,39)(H,42,43)(H,30,31,32)(H,34,40,41)/b6-5+. The minimum Gasteiger partial charge on any atom is -0.390 e. The first kappa shape index (κ1) is 32.9. The minimum absolute atomic E-state index is 0.0106. The fourth-order valence-corrected chi connectivity index (χ4v) is 5.70. The smallest absolute Gasteiger partial charge is 0.390 e. The normalized spacial score (nSPS) is 19.5. The number of aryl methyl sites for hydroxylation is 1. The van der Waals surface area contributed by atoms with Crippen LogP contribution < -0.4 is 21.9 Å². The summed E-state index contributed by atoms with van der Waals surface area (Å²) in [6.07, 6.45) is 10.5. The van der Waals surface area contributed by atoms with Crippen LogP contribution in [0.3, 0.4) is 0 Å². The van der Waals surface area contributed by atoms with Crippen molar-refractivity contribution in [3.63, 3.8) is 0 Å². The zero-order valence-electron chi connectivity index (χ0n) is 24.9. The number of hydrogen-bond acceptors (Lipinski definition) is 12. The Balaban J connectivity index is 1.14. The highest BCUT2D eigenvalue weighted by Gasteiger charge is 2.37. The van der Waals surface area contributed by atoms with Crippen LogP contribution in [0, 0.1) is 0 Å². The third-order valence-electron chi connectivity index (χ3n) is 7.23. The number of nitrogens with one attached hydrogen (secondary N) is 3. The molecule has 0 aromatic carbocycles. The fourth-order valence-electron chi connectivity index (χ4n) is 4.81. The molecule has 0 spiro atoms. The second-order valence-electron chi connectivity index (χ2n) is 10.5. The molecule has 5 rings (SSSR count). The van der Waals surface area contributed by atoms with Crippen LogP contribution in [0.2, 0.25) is 0 Å². The number of carbonyl (C=O) groups excluding carboxylic acids is 1. The number of fused-ring (bicyclic) bond motifs is 1. The first-order chi connectivity index (χ1) is 22.2. The fraction of sp³-hybridized carbons (Fsp3) is 0.444. The largest absolute Gasteiger partial charge is 0.437 e. The first-order valence-corrected chi connectivity index (χ1v) is 16.2. The van der Waals surface area contributed by atoms with Gasteiger partial charge in [-0.05, 0) is 12.5 Å². The number of nitrogens with zero attached hydrogens (tertiary/aromatic N) is 7. The number of imidazole rings is 2. The maximum Gasteiger partial charge on any atom is 0.437 e. The second-order valence-corrected chi connectivity index (χ2v) is 12.2. The SMILES string of the molecule is CCCCCn1cnc2c(NCCNC(=O)/C=C/c3cn(C4CC(O)C(COP(=O)(O)n5ccnc5)O4)c(=O)[nH]c3=O)ncnc21. The summed E-state index contributed by atoms with van der Waals surface area (Å²) in [5.41, 5.74) is -0.167. The van der Waals surface area contributed by atoms with Crippen molar-refractivity contribution < 1.29 is 28.6 Å². The van der Waals surface area contributed by atoms with E-state index in [1.165, 1.54) is 31.0 Å². The Labute approximate surface area is 261 Å². The maximum atomic E-state index is 12.5. The van der Waals surface area contributed by atoms with Gasteiger partial charge in [0.1, 0.15) is 30.5 Å². The Morgan fingerprint density at radius 2 is 2.09 bits per heavy atom. The number of hydrogen-bond donors (Lipinski definition) is 5. The topological polar surface area (TPSA) is 233 Å². The zero-order valence-corrected chi connectivity index (χ0v) is 25.8. The van der Waals surface area contributed by atoms with Crippen molar-refractivity contribution in [1.29, 1.82) is 0 Å². The molecule has 0 radical (unpaired) electrons. The number of H-pyrrole nitrogens is 1. The number of aromatic amines is 1. The van der Waals surface area contributed by atoms with Gasteiger partial charge in [-0.25, -0.2) is 33.6 Å². The number of aliphatic hydroxyl groups is 1. The maximum absolute atomic E-state index is 12.5. The Kier molecular flexibility index (Phi) is 10.5. The predicted octanol–water partition coefficient (Wildman–Crippen LogP) is 0.618. The molecule has 4 aromatic rings. The van der Waals surface area contributed by atoms with Crippen LogP contribution in [0.5, 0.6) is 0 Å². The van der Waals surface area contributed by atoms with E-state index in [1.54, 1.807) is 6.33 Å². The highest BCUT2D eigenvalue weighted by molar-refractivity contribution is 7.51. The van der Waals surface area contributed by atoms with E-state index in [-0.39, 0.29) is 18.5 Å². The highest BCUT2D eigenvalue weighted by atomic mass is 31.2. The van der Waals surface area contributed by atoms with Gasteiger partial charge >= 0.3 is 13.4 Å². The molecule has 1 aliphatic rings. The Hall–Kier alpha value is -4.48. The van der Waals surface area contributed by atoms with Gasteiger partial charge in [0.05, 0.1) is 24.6 Å². The number of aromatic nitrogens is 8. The molecule has 0 bridgehead atoms. The molecule has 246 valence electrons. The number of rotatable bonds is 15. The quantitative estimate of drug-likeness (QED) is 0.0670. The number of anilines is 1. The molecule has 5 heterocycles. The van der Waals surface area contributed by atoms with Crippen LogP contribution >= 0.6 is 7.75 Å². The van der Waals surface area contributed by atoms with Gasteiger partial charge in [0, 0.05) is 50.7 Å². The average Bonchev–Trinajstić information content (AvgIpc) is 3.79. The van der Waals surface area contributed by atoms with Crippen LogP contribution in [0.4, 0.5) is 5.82 Å². The molecule has 1 aliphatic heterocycles. The number of amides is 1. The van der Waals surface area contributed by atoms with Gasteiger partial charge in [-0.15, -0.1) is 0 Å². The molecule has 19 heteroatoms. The van der Waals surface area contributed by atoms with Crippen molar-refractivity contribution in [2.24, 2.45) is 0 Å². The molecule has 4 aromatic heterocycles. The molecule has 0 saturated carbocycles. The van der Waals surface area contributed by atoms with Crippen LogP contribution in [-0.2, 0) is 25.2 Å². The molecule has 1 saturated heterocycles. The minimum atomic E-state index is -4.26. The van der Waals surface area contributed by atoms with Crippen molar-refractivity contribution in [3.8, 4) is 0 Å².